The lowest BCUT2D eigenvalue weighted by Gasteiger charge is -2.33. The molecule has 1 aromatic rings. The van der Waals surface area contributed by atoms with E-state index in [1.165, 1.54) is 12.8 Å². The Kier molecular flexibility index (Phi) is 8.22. The third kappa shape index (κ3) is 5.21. The van der Waals surface area contributed by atoms with Gasteiger partial charge in [0.15, 0.2) is 0 Å². The standard InChI is InChI=1S/C16H25N5O.2ClH/c1-20-6-8-21(9-7-20)15-10-13(4-5-18-15)16(22)19-14(11-17)12-2-3-12;;/h4-5,10,12,14H,2-3,6-9,11,17H2,1H3,(H,19,22);2*1H. The maximum Gasteiger partial charge on any atom is 0.251 e. The van der Waals surface area contributed by atoms with Crippen molar-refractivity contribution in [2.24, 2.45) is 11.7 Å². The summed E-state index contributed by atoms with van der Waals surface area (Å²) in [5.74, 6) is 1.41. The summed E-state index contributed by atoms with van der Waals surface area (Å²) in [6.45, 7) is 4.45. The van der Waals surface area contributed by atoms with Crippen LogP contribution in [0.3, 0.4) is 0 Å². The maximum absolute atomic E-state index is 12.4. The molecule has 1 unspecified atom stereocenters. The molecule has 1 saturated carbocycles. The van der Waals surface area contributed by atoms with Crippen LogP contribution in [0.2, 0.25) is 0 Å². The molecule has 6 nitrogen and oxygen atoms in total. The summed E-state index contributed by atoms with van der Waals surface area (Å²) in [5, 5.41) is 3.06. The van der Waals surface area contributed by atoms with Crippen LogP contribution in [0.1, 0.15) is 23.2 Å². The average molecular weight is 376 g/mol. The van der Waals surface area contributed by atoms with Crippen molar-refractivity contribution in [2.45, 2.75) is 18.9 Å². The van der Waals surface area contributed by atoms with Gasteiger partial charge in [-0.15, -0.1) is 24.8 Å². The molecule has 0 spiro atoms. The quantitative estimate of drug-likeness (QED) is 0.806. The van der Waals surface area contributed by atoms with E-state index >= 15 is 0 Å². The highest BCUT2D eigenvalue weighted by molar-refractivity contribution is 5.95. The van der Waals surface area contributed by atoms with Gasteiger partial charge in [0.25, 0.3) is 5.91 Å². The fourth-order valence-corrected chi connectivity index (χ4v) is 2.89. The minimum Gasteiger partial charge on any atom is -0.354 e. The monoisotopic (exact) mass is 375 g/mol. The van der Waals surface area contributed by atoms with Crippen molar-refractivity contribution in [3.63, 3.8) is 0 Å². The highest BCUT2D eigenvalue weighted by atomic mass is 35.5. The molecule has 0 radical (unpaired) electrons. The number of amides is 1. The number of hydrogen-bond donors (Lipinski definition) is 2. The summed E-state index contributed by atoms with van der Waals surface area (Å²) in [6.07, 6.45) is 4.06. The largest absolute Gasteiger partial charge is 0.354 e. The van der Waals surface area contributed by atoms with Crippen molar-refractivity contribution in [1.29, 1.82) is 0 Å². The highest BCUT2D eigenvalue weighted by Gasteiger charge is 2.31. The second kappa shape index (κ2) is 9.42. The van der Waals surface area contributed by atoms with E-state index in [4.69, 9.17) is 5.73 Å². The number of aromatic nitrogens is 1. The molecule has 1 aliphatic carbocycles. The van der Waals surface area contributed by atoms with Crippen LogP contribution in [0.25, 0.3) is 0 Å². The van der Waals surface area contributed by atoms with Crippen LogP contribution >= 0.6 is 24.8 Å². The molecule has 1 aromatic heterocycles. The number of nitrogens with two attached hydrogens (primary N) is 1. The average Bonchev–Trinajstić information content (AvgIpc) is 3.38. The Morgan fingerprint density at radius 3 is 2.58 bits per heavy atom. The number of nitrogens with zero attached hydrogens (tertiary/aromatic N) is 3. The van der Waals surface area contributed by atoms with Gasteiger partial charge in [-0.3, -0.25) is 4.79 Å². The number of carbonyl (C=O) groups excluding carboxylic acids is 1. The van der Waals surface area contributed by atoms with E-state index in [1.807, 2.05) is 6.07 Å². The van der Waals surface area contributed by atoms with E-state index < -0.39 is 0 Å². The summed E-state index contributed by atoms with van der Waals surface area (Å²) < 4.78 is 0. The van der Waals surface area contributed by atoms with Crippen molar-refractivity contribution in [2.75, 3.05) is 44.7 Å². The van der Waals surface area contributed by atoms with Gasteiger partial charge in [0.1, 0.15) is 5.82 Å². The first kappa shape index (κ1) is 21.0. The fourth-order valence-electron chi connectivity index (χ4n) is 2.89. The van der Waals surface area contributed by atoms with E-state index in [1.54, 1.807) is 12.3 Å². The lowest BCUT2D eigenvalue weighted by Crippen LogP contribution is -2.45. The Morgan fingerprint density at radius 1 is 1.33 bits per heavy atom. The number of rotatable bonds is 5. The number of hydrogen-bond acceptors (Lipinski definition) is 5. The van der Waals surface area contributed by atoms with Gasteiger partial charge in [0.05, 0.1) is 0 Å². The van der Waals surface area contributed by atoms with Gasteiger partial charge < -0.3 is 20.9 Å². The predicted octanol–water partition coefficient (Wildman–Crippen LogP) is 1.14. The lowest BCUT2D eigenvalue weighted by molar-refractivity contribution is 0.0933. The molecule has 2 heterocycles. The maximum atomic E-state index is 12.4. The smallest absolute Gasteiger partial charge is 0.251 e. The molecule has 1 atom stereocenters. The number of halogens is 2. The van der Waals surface area contributed by atoms with Gasteiger partial charge in [-0.1, -0.05) is 0 Å². The summed E-state index contributed by atoms with van der Waals surface area (Å²) in [6, 6.07) is 3.77. The summed E-state index contributed by atoms with van der Waals surface area (Å²) in [7, 11) is 2.12. The van der Waals surface area contributed by atoms with E-state index in [9.17, 15) is 4.79 Å². The lowest BCUT2D eigenvalue weighted by atomic mass is 10.1. The van der Waals surface area contributed by atoms with Crippen molar-refractivity contribution in [1.82, 2.24) is 15.2 Å². The number of pyridine rings is 1. The molecule has 1 saturated heterocycles. The molecule has 2 aliphatic rings. The minimum absolute atomic E-state index is 0. The first-order valence-corrected chi connectivity index (χ1v) is 8.08. The zero-order valence-electron chi connectivity index (χ0n) is 14.0. The second-order valence-corrected chi connectivity index (χ2v) is 6.35. The summed E-state index contributed by atoms with van der Waals surface area (Å²) >= 11 is 0. The Hall–Kier alpha value is -1.08. The molecular weight excluding hydrogens is 349 g/mol. The molecule has 136 valence electrons. The van der Waals surface area contributed by atoms with E-state index in [-0.39, 0.29) is 36.8 Å². The third-order valence-electron chi connectivity index (χ3n) is 4.60. The Morgan fingerprint density at radius 2 is 2.00 bits per heavy atom. The van der Waals surface area contributed by atoms with Crippen molar-refractivity contribution >= 4 is 36.5 Å². The molecule has 1 amide bonds. The van der Waals surface area contributed by atoms with Crippen molar-refractivity contribution < 1.29 is 4.79 Å². The molecule has 3 N–H and O–H groups in total. The number of carbonyl (C=O) groups is 1. The van der Waals surface area contributed by atoms with Crippen LogP contribution in [0.5, 0.6) is 0 Å². The van der Waals surface area contributed by atoms with Gasteiger partial charge >= 0.3 is 0 Å². The molecule has 8 heteroatoms. The number of anilines is 1. The van der Waals surface area contributed by atoms with E-state index in [0.717, 1.165) is 32.0 Å². The molecule has 1 aliphatic heterocycles. The van der Waals surface area contributed by atoms with Crippen LogP contribution < -0.4 is 16.0 Å². The third-order valence-corrected chi connectivity index (χ3v) is 4.60. The Labute approximate surface area is 156 Å². The highest BCUT2D eigenvalue weighted by Crippen LogP contribution is 2.32. The van der Waals surface area contributed by atoms with Gasteiger partial charge in [0.2, 0.25) is 0 Å². The number of nitrogens with one attached hydrogen (secondary N) is 1. The predicted molar refractivity (Wildman–Crippen MR) is 101 cm³/mol. The van der Waals surface area contributed by atoms with E-state index in [0.29, 0.717) is 18.0 Å². The first-order chi connectivity index (χ1) is 10.7. The van der Waals surface area contributed by atoms with Crippen LogP contribution in [0.4, 0.5) is 5.82 Å². The van der Waals surface area contributed by atoms with E-state index in [2.05, 4.69) is 27.1 Å². The first-order valence-electron chi connectivity index (χ1n) is 8.08. The Bertz CT molecular complexity index is 533. The SMILES string of the molecule is CN1CCN(c2cc(C(=O)NC(CN)C3CC3)ccn2)CC1.Cl.Cl. The molecule has 24 heavy (non-hydrogen) atoms. The molecule has 0 bridgehead atoms. The van der Waals surface area contributed by atoms with Crippen molar-refractivity contribution in [3.8, 4) is 0 Å². The van der Waals surface area contributed by atoms with Crippen LogP contribution in [0, 0.1) is 5.92 Å². The number of piperazine rings is 1. The van der Waals surface area contributed by atoms with Crippen molar-refractivity contribution in [3.05, 3.63) is 23.9 Å². The van der Waals surface area contributed by atoms with Gasteiger partial charge in [-0.25, -0.2) is 4.98 Å². The summed E-state index contributed by atoms with van der Waals surface area (Å²) in [5.41, 5.74) is 6.43. The number of likely N-dealkylation sites (N-methyl/N-ethyl adjacent to an activating group) is 1. The summed E-state index contributed by atoms with van der Waals surface area (Å²) in [4.78, 5) is 21.4. The van der Waals surface area contributed by atoms with Gasteiger partial charge in [-0.2, -0.15) is 0 Å². The second-order valence-electron chi connectivity index (χ2n) is 6.35. The molecule has 3 rings (SSSR count). The van der Waals surface area contributed by atoms with Gasteiger partial charge in [-0.05, 0) is 37.9 Å². The Balaban J connectivity index is 0.00000144. The zero-order chi connectivity index (χ0) is 15.5. The van der Waals surface area contributed by atoms with Gasteiger partial charge in [0, 0.05) is 50.5 Å². The van der Waals surface area contributed by atoms with Crippen LogP contribution in [-0.4, -0.2) is 61.6 Å². The molecule has 2 fully saturated rings. The zero-order valence-corrected chi connectivity index (χ0v) is 15.6. The van der Waals surface area contributed by atoms with Crippen LogP contribution in [0.15, 0.2) is 18.3 Å². The molecule has 0 aromatic carbocycles. The van der Waals surface area contributed by atoms with Crippen LogP contribution in [-0.2, 0) is 0 Å². The fraction of sp³-hybridized carbons (Fsp3) is 0.625. The molecular formula is C16H27Cl2N5O. The normalized spacial score (nSPS) is 19.0. The minimum atomic E-state index is -0.0415. The topological polar surface area (TPSA) is 74.5 Å².